The molecule has 1 atom stereocenters. The topological polar surface area (TPSA) is 101 Å². The minimum absolute atomic E-state index is 0.257. The third kappa shape index (κ3) is 6.27. The maximum Gasteiger partial charge on any atom is 0.413 e. The molecule has 2 N–H and O–H groups in total. The number of likely N-dealkylation sites (tertiary alicyclic amines) is 1. The lowest BCUT2D eigenvalue weighted by Crippen LogP contribution is -2.44. The van der Waals surface area contributed by atoms with E-state index in [9.17, 15) is 23.2 Å². The monoisotopic (exact) mass is 474 g/mol. The van der Waals surface area contributed by atoms with E-state index >= 15 is 0 Å². The Balaban J connectivity index is 1.69. The van der Waals surface area contributed by atoms with Gasteiger partial charge in [0.25, 0.3) is 0 Å². The second-order valence-electron chi connectivity index (χ2n) is 9.15. The first-order valence-electron chi connectivity index (χ1n) is 11.0. The van der Waals surface area contributed by atoms with Gasteiger partial charge in [0.15, 0.2) is 11.6 Å². The summed E-state index contributed by atoms with van der Waals surface area (Å²) in [5.74, 6) is -3.36. The molecule has 0 aliphatic carbocycles. The predicted octanol–water partition coefficient (Wildman–Crippen LogP) is 4.71. The summed E-state index contributed by atoms with van der Waals surface area (Å²) in [5, 5.41) is 5.06. The molecule has 1 fully saturated rings. The Hall–Kier alpha value is -3.56. The Morgan fingerprint density at radius 2 is 1.82 bits per heavy atom. The van der Waals surface area contributed by atoms with E-state index in [1.807, 2.05) is 0 Å². The number of pyridine rings is 1. The zero-order chi connectivity index (χ0) is 25.0. The molecule has 0 saturated carbocycles. The Morgan fingerprint density at radius 3 is 2.47 bits per heavy atom. The van der Waals surface area contributed by atoms with Crippen LogP contribution in [0.4, 0.5) is 25.1 Å². The van der Waals surface area contributed by atoms with Crippen LogP contribution in [0.3, 0.4) is 0 Å². The molecule has 2 heterocycles. The van der Waals surface area contributed by atoms with Gasteiger partial charge in [-0.25, -0.2) is 18.6 Å². The summed E-state index contributed by atoms with van der Waals surface area (Å²) in [4.78, 5) is 43.1. The van der Waals surface area contributed by atoms with E-state index in [1.165, 1.54) is 17.2 Å². The number of hydrogen-bond donors (Lipinski definition) is 2. The molecule has 3 rings (SSSR count). The van der Waals surface area contributed by atoms with E-state index < -0.39 is 41.2 Å². The zero-order valence-electron chi connectivity index (χ0n) is 19.6. The first-order chi connectivity index (χ1) is 15.9. The molecule has 0 radical (unpaired) electrons. The van der Waals surface area contributed by atoms with Crippen molar-refractivity contribution in [3.05, 3.63) is 53.2 Å². The van der Waals surface area contributed by atoms with E-state index in [0.29, 0.717) is 30.5 Å². The molecule has 2 aromatic rings. The van der Waals surface area contributed by atoms with Gasteiger partial charge < -0.3 is 15.0 Å². The van der Waals surface area contributed by atoms with E-state index in [0.717, 1.165) is 18.6 Å². The summed E-state index contributed by atoms with van der Waals surface area (Å²) >= 11 is 0. The first-order valence-corrected chi connectivity index (χ1v) is 11.0. The maximum absolute atomic E-state index is 13.7. The van der Waals surface area contributed by atoms with Gasteiger partial charge in [0.05, 0.1) is 17.9 Å². The molecule has 1 aromatic heterocycles. The Morgan fingerprint density at radius 1 is 1.09 bits per heavy atom. The molecular formula is C24H28F2N4O4. The number of aromatic nitrogens is 1. The molecule has 0 spiro atoms. The highest BCUT2D eigenvalue weighted by atomic mass is 19.2. The van der Waals surface area contributed by atoms with Crippen LogP contribution in [-0.2, 0) is 14.3 Å². The molecule has 182 valence electrons. The number of nitrogens with one attached hydrogen (secondary N) is 2. The first kappa shape index (κ1) is 25.1. The van der Waals surface area contributed by atoms with E-state index in [4.69, 9.17) is 4.74 Å². The smallest absolute Gasteiger partial charge is 0.413 e. The van der Waals surface area contributed by atoms with Gasteiger partial charge in [-0.1, -0.05) is 6.07 Å². The fourth-order valence-corrected chi connectivity index (χ4v) is 3.73. The van der Waals surface area contributed by atoms with Crippen molar-refractivity contribution < 1.29 is 27.9 Å². The number of anilines is 2. The SMILES string of the molecule is Cc1cc(NC(=O)C(=O)N2CCCC[C@H]2c2ccc(F)c(F)c2)cnc1NC(=O)OC(C)(C)C. The standard InChI is InChI=1S/C24H28F2N4O4/c1-14-11-16(13-27-20(14)29-23(33)34-24(2,3)4)28-21(31)22(32)30-10-6-5-7-19(30)15-8-9-17(25)18(26)12-15/h8-9,11-13,19H,5-7,10H2,1-4H3,(H,28,31)(H,27,29,33)/t19-/m0/s1. The van der Waals surface area contributed by atoms with Gasteiger partial charge in [0, 0.05) is 6.54 Å². The minimum Gasteiger partial charge on any atom is -0.444 e. The fourth-order valence-electron chi connectivity index (χ4n) is 3.73. The number of rotatable bonds is 3. The molecule has 3 amide bonds. The Kier molecular flexibility index (Phi) is 7.48. The van der Waals surface area contributed by atoms with Crippen LogP contribution in [0.15, 0.2) is 30.5 Å². The van der Waals surface area contributed by atoms with Crippen molar-refractivity contribution in [1.29, 1.82) is 0 Å². The lowest BCUT2D eigenvalue weighted by molar-refractivity contribution is -0.145. The van der Waals surface area contributed by atoms with Gasteiger partial charge in [-0.2, -0.15) is 0 Å². The molecule has 1 aliphatic rings. The number of piperidine rings is 1. The highest BCUT2D eigenvalue weighted by Gasteiger charge is 2.32. The second kappa shape index (κ2) is 10.1. The van der Waals surface area contributed by atoms with Gasteiger partial charge in [0.1, 0.15) is 11.4 Å². The van der Waals surface area contributed by atoms with Crippen LogP contribution < -0.4 is 10.6 Å². The number of carbonyl (C=O) groups excluding carboxylic acids is 3. The second-order valence-corrected chi connectivity index (χ2v) is 9.15. The van der Waals surface area contributed by atoms with Crippen molar-refractivity contribution in [3.63, 3.8) is 0 Å². The van der Waals surface area contributed by atoms with Crippen LogP contribution >= 0.6 is 0 Å². The average molecular weight is 475 g/mol. The van der Waals surface area contributed by atoms with Crippen LogP contribution in [0.5, 0.6) is 0 Å². The predicted molar refractivity (Wildman–Crippen MR) is 122 cm³/mol. The third-order valence-electron chi connectivity index (χ3n) is 5.24. The number of hydrogen-bond acceptors (Lipinski definition) is 5. The molecule has 1 aliphatic heterocycles. The lowest BCUT2D eigenvalue weighted by atomic mass is 9.95. The number of halogens is 2. The normalized spacial score (nSPS) is 16.1. The number of benzene rings is 1. The van der Waals surface area contributed by atoms with Crippen molar-refractivity contribution in [2.75, 3.05) is 17.2 Å². The van der Waals surface area contributed by atoms with Crippen molar-refractivity contribution in [2.24, 2.45) is 0 Å². The molecular weight excluding hydrogens is 446 g/mol. The van der Waals surface area contributed by atoms with Gasteiger partial charge in [-0.05, 0) is 76.3 Å². The van der Waals surface area contributed by atoms with Crippen LogP contribution in [0, 0.1) is 18.6 Å². The van der Waals surface area contributed by atoms with Crippen LogP contribution in [0.2, 0.25) is 0 Å². The Bertz CT molecular complexity index is 1100. The molecule has 0 unspecified atom stereocenters. The van der Waals surface area contributed by atoms with Gasteiger partial charge in [0.2, 0.25) is 0 Å². The highest BCUT2D eigenvalue weighted by molar-refractivity contribution is 6.39. The number of aryl methyl sites for hydroxylation is 1. The molecule has 8 nitrogen and oxygen atoms in total. The largest absolute Gasteiger partial charge is 0.444 e. The van der Waals surface area contributed by atoms with Gasteiger partial charge in [-0.15, -0.1) is 0 Å². The molecule has 1 saturated heterocycles. The van der Waals surface area contributed by atoms with E-state index in [-0.39, 0.29) is 11.5 Å². The van der Waals surface area contributed by atoms with Gasteiger partial charge in [-0.3, -0.25) is 14.9 Å². The highest BCUT2D eigenvalue weighted by Crippen LogP contribution is 2.32. The summed E-state index contributed by atoms with van der Waals surface area (Å²) in [6.45, 7) is 7.22. The molecule has 0 bridgehead atoms. The van der Waals surface area contributed by atoms with Crippen LogP contribution in [-0.4, -0.2) is 39.9 Å². The fraction of sp³-hybridized carbons (Fsp3) is 0.417. The molecule has 34 heavy (non-hydrogen) atoms. The van der Waals surface area contributed by atoms with E-state index in [1.54, 1.807) is 33.8 Å². The summed E-state index contributed by atoms with van der Waals surface area (Å²) in [7, 11) is 0. The summed E-state index contributed by atoms with van der Waals surface area (Å²) < 4.78 is 32.3. The number of amides is 3. The van der Waals surface area contributed by atoms with Crippen molar-refractivity contribution in [2.45, 2.75) is 58.6 Å². The number of carbonyl (C=O) groups is 3. The van der Waals surface area contributed by atoms with Crippen molar-refractivity contribution in [3.8, 4) is 0 Å². The van der Waals surface area contributed by atoms with Crippen LogP contribution in [0.25, 0.3) is 0 Å². The summed E-state index contributed by atoms with van der Waals surface area (Å²) in [6.07, 6.45) is 2.68. The minimum atomic E-state index is -0.999. The van der Waals surface area contributed by atoms with Crippen LogP contribution in [0.1, 0.15) is 57.2 Å². The van der Waals surface area contributed by atoms with Crippen molar-refractivity contribution in [1.82, 2.24) is 9.88 Å². The quantitative estimate of drug-likeness (QED) is 0.628. The average Bonchev–Trinajstić information content (AvgIpc) is 2.75. The summed E-state index contributed by atoms with van der Waals surface area (Å²) in [6, 6.07) is 4.54. The number of nitrogens with zero attached hydrogens (tertiary/aromatic N) is 2. The third-order valence-corrected chi connectivity index (χ3v) is 5.24. The lowest BCUT2D eigenvalue weighted by Gasteiger charge is -2.35. The zero-order valence-corrected chi connectivity index (χ0v) is 19.6. The van der Waals surface area contributed by atoms with Gasteiger partial charge >= 0.3 is 17.9 Å². The van der Waals surface area contributed by atoms with Crippen molar-refractivity contribution >= 4 is 29.4 Å². The Labute approximate surface area is 196 Å². The maximum atomic E-state index is 13.7. The number of ether oxygens (including phenoxy) is 1. The molecule has 10 heteroatoms. The van der Waals surface area contributed by atoms with E-state index in [2.05, 4.69) is 15.6 Å². The molecule has 1 aromatic carbocycles. The summed E-state index contributed by atoms with van der Waals surface area (Å²) in [5.41, 5.74) is 0.591.